The molecule has 27 heavy (non-hydrogen) atoms. The van der Waals surface area contributed by atoms with Gasteiger partial charge in [0.2, 0.25) is 5.88 Å². The van der Waals surface area contributed by atoms with Crippen LogP contribution in [0.2, 0.25) is 0 Å². The highest BCUT2D eigenvalue weighted by Crippen LogP contribution is 2.28. The number of benzene rings is 1. The topological polar surface area (TPSA) is 52.0 Å². The second-order valence-electron chi connectivity index (χ2n) is 6.87. The molecule has 1 aromatic carbocycles. The molecule has 0 atom stereocenters. The number of hydrogen-bond donors (Lipinski definition) is 1. The van der Waals surface area contributed by atoms with E-state index >= 15 is 0 Å². The van der Waals surface area contributed by atoms with E-state index in [1.165, 1.54) is 4.68 Å². The van der Waals surface area contributed by atoms with Gasteiger partial charge in [-0.3, -0.25) is 4.68 Å². The highest BCUT2D eigenvalue weighted by Gasteiger charge is 2.18. The number of aryl methyl sites for hydroxylation is 1. The molecule has 1 aliphatic heterocycles. The second-order valence-corrected chi connectivity index (χ2v) is 6.87. The van der Waals surface area contributed by atoms with Crippen LogP contribution >= 0.6 is 0 Å². The first-order chi connectivity index (χ1) is 13.1. The van der Waals surface area contributed by atoms with Crippen LogP contribution in [0.15, 0.2) is 36.4 Å². The van der Waals surface area contributed by atoms with Crippen LogP contribution in [-0.2, 0) is 13.7 Å². The van der Waals surface area contributed by atoms with E-state index in [-0.39, 0.29) is 5.69 Å². The van der Waals surface area contributed by atoms with Gasteiger partial charge in [-0.15, -0.1) is 0 Å². The van der Waals surface area contributed by atoms with Crippen LogP contribution < -0.4 is 10.1 Å². The van der Waals surface area contributed by atoms with E-state index in [0.717, 1.165) is 37.2 Å². The number of pyridine rings is 1. The van der Waals surface area contributed by atoms with Crippen molar-refractivity contribution in [2.75, 3.05) is 13.1 Å². The molecule has 0 amide bonds. The number of halogens is 2. The number of nitrogens with one attached hydrogen (secondary N) is 1. The van der Waals surface area contributed by atoms with Crippen molar-refractivity contribution in [3.63, 3.8) is 0 Å². The molecule has 1 saturated heterocycles. The molecule has 0 radical (unpaired) electrons. The maximum atomic E-state index is 13.1. The first-order valence-electron chi connectivity index (χ1n) is 9.16. The number of piperidine rings is 1. The number of hydrogen-bond acceptors (Lipinski definition) is 4. The summed E-state index contributed by atoms with van der Waals surface area (Å²) in [6, 6.07) is 11.2. The fourth-order valence-corrected chi connectivity index (χ4v) is 3.60. The van der Waals surface area contributed by atoms with Gasteiger partial charge in [-0.05, 0) is 43.6 Å². The lowest BCUT2D eigenvalue weighted by Gasteiger charge is -2.22. The zero-order valence-corrected chi connectivity index (χ0v) is 15.2. The molecular formula is C20H22F2N4O. The maximum absolute atomic E-state index is 13.1. The van der Waals surface area contributed by atoms with E-state index in [1.54, 1.807) is 19.2 Å². The first-order valence-corrected chi connectivity index (χ1v) is 9.16. The van der Waals surface area contributed by atoms with Gasteiger partial charge in [0, 0.05) is 30.1 Å². The molecule has 0 saturated carbocycles. The molecule has 142 valence electrons. The Morgan fingerprint density at radius 2 is 2.04 bits per heavy atom. The van der Waals surface area contributed by atoms with Gasteiger partial charge in [0.1, 0.15) is 12.3 Å². The van der Waals surface area contributed by atoms with E-state index in [1.807, 2.05) is 18.2 Å². The third-order valence-corrected chi connectivity index (χ3v) is 5.04. The number of aromatic nitrogens is 3. The standard InChI is InChI=1S/C20H22F2N4O/c1-26-17-11-13(5-6-15(17)19(25-26)20(21)22)12-27-18-4-2-3-16(24-18)14-7-9-23-10-8-14/h2-6,11,14,20,23H,7-10,12H2,1H3. The molecule has 3 heterocycles. The molecule has 0 aliphatic carbocycles. The van der Waals surface area contributed by atoms with E-state index in [4.69, 9.17) is 4.74 Å². The molecule has 0 bridgehead atoms. The summed E-state index contributed by atoms with van der Waals surface area (Å²) in [6.07, 6.45) is -0.419. The number of nitrogens with zero attached hydrogens (tertiary/aromatic N) is 3. The predicted octanol–water partition coefficient (Wildman–Crippen LogP) is 3.95. The molecule has 7 heteroatoms. The average molecular weight is 372 g/mol. The average Bonchev–Trinajstić information content (AvgIpc) is 3.04. The number of fused-ring (bicyclic) bond motifs is 1. The molecule has 2 aromatic heterocycles. The van der Waals surface area contributed by atoms with Crippen molar-refractivity contribution in [1.82, 2.24) is 20.1 Å². The zero-order valence-electron chi connectivity index (χ0n) is 15.2. The Morgan fingerprint density at radius 1 is 1.22 bits per heavy atom. The lowest BCUT2D eigenvalue weighted by Crippen LogP contribution is -2.27. The minimum absolute atomic E-state index is 0.184. The van der Waals surface area contributed by atoms with Crippen LogP contribution in [0.1, 0.15) is 42.1 Å². The molecule has 0 spiro atoms. The van der Waals surface area contributed by atoms with Gasteiger partial charge < -0.3 is 10.1 Å². The van der Waals surface area contributed by atoms with Gasteiger partial charge in [-0.1, -0.05) is 18.2 Å². The Hall–Kier alpha value is -2.54. The van der Waals surface area contributed by atoms with Crippen molar-refractivity contribution >= 4 is 10.9 Å². The van der Waals surface area contributed by atoms with Crippen molar-refractivity contribution < 1.29 is 13.5 Å². The van der Waals surface area contributed by atoms with Crippen molar-refractivity contribution in [1.29, 1.82) is 0 Å². The Bertz CT molecular complexity index is 935. The zero-order chi connectivity index (χ0) is 18.8. The molecule has 1 fully saturated rings. The minimum Gasteiger partial charge on any atom is -0.473 e. The molecular weight excluding hydrogens is 350 g/mol. The highest BCUT2D eigenvalue weighted by molar-refractivity contribution is 5.82. The van der Waals surface area contributed by atoms with Crippen molar-refractivity contribution in [3.05, 3.63) is 53.3 Å². The summed E-state index contributed by atoms with van der Waals surface area (Å²) in [5.74, 6) is 1.05. The van der Waals surface area contributed by atoms with Crippen LogP contribution in [0.5, 0.6) is 5.88 Å². The van der Waals surface area contributed by atoms with E-state index < -0.39 is 6.43 Å². The van der Waals surface area contributed by atoms with Crippen LogP contribution in [0.3, 0.4) is 0 Å². The lowest BCUT2D eigenvalue weighted by atomic mass is 9.94. The fraction of sp³-hybridized carbons (Fsp3) is 0.400. The van der Waals surface area contributed by atoms with Gasteiger partial charge in [0.05, 0.1) is 5.52 Å². The lowest BCUT2D eigenvalue weighted by molar-refractivity contribution is 0.147. The van der Waals surface area contributed by atoms with E-state index in [0.29, 0.717) is 29.3 Å². The van der Waals surface area contributed by atoms with Crippen LogP contribution in [0.25, 0.3) is 10.9 Å². The third-order valence-electron chi connectivity index (χ3n) is 5.04. The molecule has 1 N–H and O–H groups in total. The Morgan fingerprint density at radius 3 is 2.81 bits per heavy atom. The third kappa shape index (κ3) is 3.78. The fourth-order valence-electron chi connectivity index (χ4n) is 3.60. The molecule has 4 rings (SSSR count). The summed E-state index contributed by atoms with van der Waals surface area (Å²) < 4.78 is 33.5. The van der Waals surface area contributed by atoms with E-state index in [2.05, 4.69) is 21.5 Å². The highest BCUT2D eigenvalue weighted by atomic mass is 19.3. The largest absolute Gasteiger partial charge is 0.473 e. The summed E-state index contributed by atoms with van der Waals surface area (Å²) in [4.78, 5) is 4.65. The smallest absolute Gasteiger partial charge is 0.282 e. The van der Waals surface area contributed by atoms with Crippen molar-refractivity contribution in [2.45, 2.75) is 31.8 Å². The van der Waals surface area contributed by atoms with Gasteiger partial charge in [-0.2, -0.15) is 5.10 Å². The SMILES string of the molecule is Cn1nc(C(F)F)c2ccc(COc3cccc(C4CCNCC4)n3)cc21. The summed E-state index contributed by atoms with van der Waals surface area (Å²) >= 11 is 0. The Balaban J connectivity index is 1.49. The van der Waals surface area contributed by atoms with Crippen molar-refractivity contribution in [3.8, 4) is 5.88 Å². The molecule has 0 unspecified atom stereocenters. The van der Waals surface area contributed by atoms with Crippen LogP contribution in [-0.4, -0.2) is 27.9 Å². The van der Waals surface area contributed by atoms with E-state index in [9.17, 15) is 8.78 Å². The molecule has 3 aromatic rings. The summed E-state index contributed by atoms with van der Waals surface area (Å²) in [7, 11) is 1.67. The Labute approximate surface area is 156 Å². The predicted molar refractivity (Wildman–Crippen MR) is 99.1 cm³/mol. The summed E-state index contributed by atoms with van der Waals surface area (Å²) in [6.45, 7) is 2.36. The van der Waals surface area contributed by atoms with Crippen LogP contribution in [0, 0.1) is 0 Å². The number of alkyl halides is 2. The molecule has 5 nitrogen and oxygen atoms in total. The van der Waals surface area contributed by atoms with Gasteiger partial charge in [0.25, 0.3) is 6.43 Å². The number of ether oxygens (including phenoxy) is 1. The Kier molecular flexibility index (Phi) is 5.03. The second kappa shape index (κ2) is 7.60. The summed E-state index contributed by atoms with van der Waals surface area (Å²) in [5.41, 5.74) is 2.44. The number of rotatable bonds is 5. The van der Waals surface area contributed by atoms with Gasteiger partial charge >= 0.3 is 0 Å². The monoisotopic (exact) mass is 372 g/mol. The molecule has 1 aliphatic rings. The minimum atomic E-state index is -2.59. The summed E-state index contributed by atoms with van der Waals surface area (Å²) in [5, 5.41) is 7.76. The van der Waals surface area contributed by atoms with Gasteiger partial charge in [-0.25, -0.2) is 13.8 Å². The maximum Gasteiger partial charge on any atom is 0.282 e. The van der Waals surface area contributed by atoms with Gasteiger partial charge in [0.15, 0.2) is 0 Å². The normalized spacial score (nSPS) is 15.6. The van der Waals surface area contributed by atoms with Crippen molar-refractivity contribution in [2.24, 2.45) is 7.05 Å². The quantitative estimate of drug-likeness (QED) is 0.737. The first kappa shape index (κ1) is 17.9. The van der Waals surface area contributed by atoms with Crippen LogP contribution in [0.4, 0.5) is 8.78 Å².